The molecule has 1 aromatic rings. The van der Waals surface area contributed by atoms with Gasteiger partial charge in [0.15, 0.2) is 11.5 Å². The predicted molar refractivity (Wildman–Crippen MR) is 68.0 cm³/mol. The first-order valence-electron chi connectivity index (χ1n) is 6.54. The van der Waals surface area contributed by atoms with Crippen LogP contribution in [0, 0.1) is 11.3 Å². The fourth-order valence-corrected chi connectivity index (χ4v) is 2.98. The molecule has 0 amide bonds. The standard InChI is InChI=1S/C13H17N5/c14-9-11-12(16-7-6-15-11)18-10-2-5-17-13(8-10)3-1-4-13/h6-7,10,17H,1-5,8H2,(H,16,18). The molecule has 5 nitrogen and oxygen atoms in total. The lowest BCUT2D eigenvalue weighted by molar-refractivity contribution is 0.135. The highest BCUT2D eigenvalue weighted by Gasteiger charge is 2.40. The molecule has 94 valence electrons. The normalized spacial score (nSPS) is 25.2. The number of nitrogens with one attached hydrogen (secondary N) is 2. The Morgan fingerprint density at radius 2 is 2.22 bits per heavy atom. The van der Waals surface area contributed by atoms with Crippen molar-refractivity contribution in [1.29, 1.82) is 5.26 Å². The molecule has 2 N–H and O–H groups in total. The van der Waals surface area contributed by atoms with Gasteiger partial charge in [0.25, 0.3) is 0 Å². The molecule has 1 saturated heterocycles. The maximum atomic E-state index is 9.00. The molecule has 3 rings (SSSR count). The molecule has 1 saturated carbocycles. The third-order valence-electron chi connectivity index (χ3n) is 4.09. The smallest absolute Gasteiger partial charge is 0.182 e. The largest absolute Gasteiger partial charge is 0.365 e. The first kappa shape index (κ1) is 11.4. The quantitative estimate of drug-likeness (QED) is 0.822. The zero-order valence-electron chi connectivity index (χ0n) is 10.3. The first-order chi connectivity index (χ1) is 8.81. The van der Waals surface area contributed by atoms with E-state index in [0.717, 1.165) is 19.4 Å². The summed E-state index contributed by atoms with van der Waals surface area (Å²) in [5.41, 5.74) is 0.740. The molecule has 1 aliphatic carbocycles. The van der Waals surface area contributed by atoms with Gasteiger partial charge in [0, 0.05) is 24.0 Å². The lowest BCUT2D eigenvalue weighted by Gasteiger charge is -2.48. The molecule has 2 heterocycles. The predicted octanol–water partition coefficient (Wildman–Crippen LogP) is 1.43. The molecule has 5 heteroatoms. The highest BCUT2D eigenvalue weighted by atomic mass is 15.1. The van der Waals surface area contributed by atoms with Crippen molar-refractivity contribution in [3.05, 3.63) is 18.1 Å². The van der Waals surface area contributed by atoms with E-state index in [4.69, 9.17) is 5.26 Å². The van der Waals surface area contributed by atoms with Crippen LogP contribution < -0.4 is 10.6 Å². The van der Waals surface area contributed by atoms with E-state index in [-0.39, 0.29) is 0 Å². The minimum absolute atomic E-state index is 0.352. The molecule has 1 spiro atoms. The lowest BCUT2D eigenvalue weighted by atomic mass is 9.70. The summed E-state index contributed by atoms with van der Waals surface area (Å²) in [4.78, 5) is 8.25. The number of hydrogen-bond donors (Lipinski definition) is 2. The van der Waals surface area contributed by atoms with Crippen molar-refractivity contribution in [2.75, 3.05) is 11.9 Å². The second kappa shape index (κ2) is 4.54. The van der Waals surface area contributed by atoms with Crippen molar-refractivity contribution in [2.45, 2.75) is 43.7 Å². The lowest BCUT2D eigenvalue weighted by Crippen LogP contribution is -2.58. The molecular weight excluding hydrogens is 226 g/mol. The number of hydrogen-bond acceptors (Lipinski definition) is 5. The van der Waals surface area contributed by atoms with Crippen molar-refractivity contribution in [2.24, 2.45) is 0 Å². The van der Waals surface area contributed by atoms with Crippen LogP contribution in [-0.4, -0.2) is 28.1 Å². The molecule has 0 bridgehead atoms. The van der Waals surface area contributed by atoms with Crippen LogP contribution >= 0.6 is 0 Å². The molecule has 1 aromatic heterocycles. The second-order valence-corrected chi connectivity index (χ2v) is 5.26. The fraction of sp³-hybridized carbons (Fsp3) is 0.615. The van der Waals surface area contributed by atoms with Gasteiger partial charge in [-0.2, -0.15) is 5.26 Å². The van der Waals surface area contributed by atoms with Crippen molar-refractivity contribution in [3.8, 4) is 6.07 Å². The molecular formula is C13H17N5. The van der Waals surface area contributed by atoms with Crippen LogP contribution in [0.15, 0.2) is 12.4 Å². The van der Waals surface area contributed by atoms with Gasteiger partial charge in [-0.1, -0.05) is 0 Å². The summed E-state index contributed by atoms with van der Waals surface area (Å²) >= 11 is 0. The number of nitrogens with zero attached hydrogens (tertiary/aromatic N) is 3. The number of anilines is 1. The van der Waals surface area contributed by atoms with Crippen molar-refractivity contribution in [3.63, 3.8) is 0 Å². The topological polar surface area (TPSA) is 73.6 Å². The van der Waals surface area contributed by atoms with E-state index in [2.05, 4.69) is 26.7 Å². The van der Waals surface area contributed by atoms with Crippen LogP contribution in [0.4, 0.5) is 5.82 Å². The molecule has 0 radical (unpaired) electrons. The van der Waals surface area contributed by atoms with E-state index >= 15 is 0 Å². The van der Waals surface area contributed by atoms with Gasteiger partial charge in [0.2, 0.25) is 0 Å². The van der Waals surface area contributed by atoms with Crippen LogP contribution in [0.2, 0.25) is 0 Å². The molecule has 18 heavy (non-hydrogen) atoms. The Labute approximate surface area is 107 Å². The molecule has 2 fully saturated rings. The van der Waals surface area contributed by atoms with Crippen LogP contribution in [0.3, 0.4) is 0 Å². The summed E-state index contributed by atoms with van der Waals surface area (Å²) in [6, 6.07) is 2.48. The maximum absolute atomic E-state index is 9.00. The Balaban J connectivity index is 1.70. The van der Waals surface area contributed by atoms with Crippen molar-refractivity contribution < 1.29 is 0 Å². The minimum atomic E-state index is 0.352. The molecule has 1 aliphatic heterocycles. The summed E-state index contributed by atoms with van der Waals surface area (Å²) in [5.74, 6) is 0.626. The van der Waals surface area contributed by atoms with E-state index in [0.29, 0.717) is 23.1 Å². The summed E-state index contributed by atoms with van der Waals surface area (Å²) in [6.07, 6.45) is 9.25. The van der Waals surface area contributed by atoms with E-state index in [9.17, 15) is 0 Å². The van der Waals surface area contributed by atoms with E-state index < -0.39 is 0 Å². The minimum Gasteiger partial charge on any atom is -0.365 e. The Hall–Kier alpha value is -1.67. The average molecular weight is 243 g/mol. The molecule has 1 unspecified atom stereocenters. The van der Waals surface area contributed by atoms with Crippen molar-refractivity contribution in [1.82, 2.24) is 15.3 Å². The van der Waals surface area contributed by atoms with Gasteiger partial charge < -0.3 is 10.6 Å². The zero-order valence-corrected chi connectivity index (χ0v) is 10.3. The first-order valence-corrected chi connectivity index (χ1v) is 6.54. The van der Waals surface area contributed by atoms with Crippen molar-refractivity contribution >= 4 is 5.82 Å². The number of nitriles is 1. The monoisotopic (exact) mass is 243 g/mol. The number of piperidine rings is 1. The van der Waals surface area contributed by atoms with Crippen LogP contribution in [-0.2, 0) is 0 Å². The SMILES string of the molecule is N#Cc1nccnc1NC1CCNC2(CCC2)C1. The fourth-order valence-electron chi connectivity index (χ4n) is 2.98. The maximum Gasteiger partial charge on any atom is 0.182 e. The van der Waals surface area contributed by atoms with Gasteiger partial charge >= 0.3 is 0 Å². The Bertz CT molecular complexity index is 475. The second-order valence-electron chi connectivity index (χ2n) is 5.26. The van der Waals surface area contributed by atoms with Crippen LogP contribution in [0.25, 0.3) is 0 Å². The summed E-state index contributed by atoms with van der Waals surface area (Å²) in [5, 5.41) is 16.0. The van der Waals surface area contributed by atoms with Gasteiger partial charge in [0.05, 0.1) is 0 Å². The Kier molecular flexibility index (Phi) is 2.88. The summed E-state index contributed by atoms with van der Waals surface area (Å²) in [7, 11) is 0. The van der Waals surface area contributed by atoms with Gasteiger partial charge in [0.1, 0.15) is 6.07 Å². The van der Waals surface area contributed by atoms with Gasteiger partial charge in [-0.05, 0) is 38.6 Å². The number of rotatable bonds is 2. The molecule has 0 aromatic carbocycles. The number of aromatic nitrogens is 2. The van der Waals surface area contributed by atoms with Gasteiger partial charge in [-0.15, -0.1) is 0 Å². The highest BCUT2D eigenvalue weighted by molar-refractivity contribution is 5.47. The van der Waals surface area contributed by atoms with Gasteiger partial charge in [-0.3, -0.25) is 0 Å². The van der Waals surface area contributed by atoms with E-state index in [1.807, 2.05) is 0 Å². The average Bonchev–Trinajstić information content (AvgIpc) is 2.38. The van der Waals surface area contributed by atoms with E-state index in [1.165, 1.54) is 19.3 Å². The van der Waals surface area contributed by atoms with Crippen LogP contribution in [0.5, 0.6) is 0 Å². The third kappa shape index (κ3) is 2.04. The van der Waals surface area contributed by atoms with Crippen LogP contribution in [0.1, 0.15) is 37.8 Å². The molecule has 2 aliphatic rings. The Morgan fingerprint density at radius 1 is 1.39 bits per heavy atom. The Morgan fingerprint density at radius 3 is 2.94 bits per heavy atom. The third-order valence-corrected chi connectivity index (χ3v) is 4.09. The summed E-state index contributed by atoms with van der Waals surface area (Å²) < 4.78 is 0. The highest BCUT2D eigenvalue weighted by Crippen LogP contribution is 2.38. The molecule has 1 atom stereocenters. The summed E-state index contributed by atoms with van der Waals surface area (Å²) in [6.45, 7) is 1.04. The van der Waals surface area contributed by atoms with E-state index in [1.54, 1.807) is 12.4 Å². The van der Waals surface area contributed by atoms with Gasteiger partial charge in [-0.25, -0.2) is 9.97 Å². The zero-order chi connectivity index (χ0) is 12.4.